The van der Waals surface area contributed by atoms with Gasteiger partial charge in [0.25, 0.3) is 5.56 Å². The van der Waals surface area contributed by atoms with Gasteiger partial charge < -0.3 is 10.1 Å². The number of pyridine rings is 1. The van der Waals surface area contributed by atoms with Crippen molar-refractivity contribution in [2.24, 2.45) is 10.2 Å². The number of aromatic amines is 1. The number of benzene rings is 2. The van der Waals surface area contributed by atoms with E-state index in [1.807, 2.05) is 38.1 Å². The third-order valence-electron chi connectivity index (χ3n) is 3.38. The highest BCUT2D eigenvalue weighted by molar-refractivity contribution is 5.89. The van der Waals surface area contributed by atoms with Crippen LogP contribution in [0.3, 0.4) is 0 Å². The Morgan fingerprint density at radius 2 is 1.77 bits per heavy atom. The van der Waals surface area contributed by atoms with Crippen molar-refractivity contribution in [3.63, 3.8) is 0 Å². The highest BCUT2D eigenvalue weighted by atomic mass is 16.3. The zero-order valence-electron chi connectivity index (χ0n) is 12.3. The van der Waals surface area contributed by atoms with Crippen LogP contribution in [0.5, 0.6) is 5.75 Å². The summed E-state index contributed by atoms with van der Waals surface area (Å²) >= 11 is 0. The van der Waals surface area contributed by atoms with Gasteiger partial charge in [-0.2, -0.15) is 5.11 Å². The number of azo groups is 1. The second kappa shape index (κ2) is 5.44. The molecule has 22 heavy (non-hydrogen) atoms. The number of aryl methyl sites for hydroxylation is 2. The van der Waals surface area contributed by atoms with Crippen molar-refractivity contribution in [3.8, 4) is 5.75 Å². The molecule has 0 fully saturated rings. The largest absolute Gasteiger partial charge is 0.505 e. The second-order valence-electron chi connectivity index (χ2n) is 5.24. The second-order valence-corrected chi connectivity index (χ2v) is 5.24. The molecule has 3 rings (SSSR count). The molecule has 2 aromatic carbocycles. The number of nitrogens with one attached hydrogen (secondary N) is 1. The van der Waals surface area contributed by atoms with Crippen molar-refractivity contribution in [1.82, 2.24) is 4.98 Å². The van der Waals surface area contributed by atoms with Crippen molar-refractivity contribution < 1.29 is 5.11 Å². The monoisotopic (exact) mass is 293 g/mol. The van der Waals surface area contributed by atoms with Crippen LogP contribution >= 0.6 is 0 Å². The predicted octanol–water partition coefficient (Wildman–Crippen LogP) is 4.27. The summed E-state index contributed by atoms with van der Waals surface area (Å²) < 4.78 is 0. The summed E-state index contributed by atoms with van der Waals surface area (Å²) in [5.74, 6) is -0.157. The molecule has 0 saturated heterocycles. The lowest BCUT2D eigenvalue weighted by Crippen LogP contribution is -2.05. The molecule has 3 aromatic rings. The van der Waals surface area contributed by atoms with Crippen LogP contribution in [0, 0.1) is 13.8 Å². The number of aromatic nitrogens is 1. The van der Waals surface area contributed by atoms with Gasteiger partial charge in [-0.1, -0.05) is 18.2 Å². The van der Waals surface area contributed by atoms with Crippen LogP contribution in [0.4, 0.5) is 11.4 Å². The number of nitrogens with zero attached hydrogens (tertiary/aromatic N) is 2. The summed E-state index contributed by atoms with van der Waals surface area (Å²) in [5.41, 5.74) is 2.70. The fraction of sp³-hybridized carbons (Fsp3) is 0.118. The van der Waals surface area contributed by atoms with Crippen LogP contribution in [0.2, 0.25) is 0 Å². The Labute approximate surface area is 127 Å². The summed E-state index contributed by atoms with van der Waals surface area (Å²) in [6, 6.07) is 12.9. The zero-order chi connectivity index (χ0) is 15.7. The van der Waals surface area contributed by atoms with Crippen LogP contribution in [0.25, 0.3) is 10.9 Å². The molecule has 0 atom stereocenters. The van der Waals surface area contributed by atoms with E-state index in [1.54, 1.807) is 18.2 Å². The lowest BCUT2D eigenvalue weighted by Gasteiger charge is -2.04. The Kier molecular flexibility index (Phi) is 3.47. The van der Waals surface area contributed by atoms with Crippen LogP contribution in [0.15, 0.2) is 57.5 Å². The van der Waals surface area contributed by atoms with Gasteiger partial charge in [-0.15, -0.1) is 5.11 Å². The van der Waals surface area contributed by atoms with Crippen molar-refractivity contribution in [1.29, 1.82) is 0 Å². The Hall–Kier alpha value is -2.95. The van der Waals surface area contributed by atoms with E-state index in [9.17, 15) is 9.90 Å². The Balaban J connectivity index is 2.11. The van der Waals surface area contributed by atoms with Crippen LogP contribution in [-0.4, -0.2) is 10.1 Å². The number of H-pyrrole nitrogens is 1. The molecule has 1 heterocycles. The molecule has 110 valence electrons. The van der Waals surface area contributed by atoms with E-state index >= 15 is 0 Å². The molecule has 0 spiro atoms. The highest BCUT2D eigenvalue weighted by Crippen LogP contribution is 2.31. The minimum Gasteiger partial charge on any atom is -0.505 e. The normalized spacial score (nSPS) is 11.4. The van der Waals surface area contributed by atoms with E-state index in [0.29, 0.717) is 16.6 Å². The van der Waals surface area contributed by atoms with Crippen molar-refractivity contribution in [2.75, 3.05) is 0 Å². The van der Waals surface area contributed by atoms with E-state index in [4.69, 9.17) is 0 Å². The standard InChI is InChI=1S/C17H15N3O2/c1-10-4-3-5-12(8-10)19-20-15-16(21)13-7-6-11(2)9-14(13)18-17(15)22/h3-9H,1-2H3,(H2,18,21,22). The zero-order valence-corrected chi connectivity index (χ0v) is 12.3. The molecule has 0 aliphatic heterocycles. The third-order valence-corrected chi connectivity index (χ3v) is 3.38. The van der Waals surface area contributed by atoms with Gasteiger partial charge in [-0.3, -0.25) is 4.79 Å². The maximum absolute atomic E-state index is 12.1. The van der Waals surface area contributed by atoms with E-state index in [0.717, 1.165) is 11.1 Å². The van der Waals surface area contributed by atoms with Gasteiger partial charge in [-0.25, -0.2) is 0 Å². The topological polar surface area (TPSA) is 77.8 Å². The summed E-state index contributed by atoms with van der Waals surface area (Å²) in [5, 5.41) is 18.8. The van der Waals surface area contributed by atoms with Crippen molar-refractivity contribution in [2.45, 2.75) is 13.8 Å². The highest BCUT2D eigenvalue weighted by Gasteiger charge is 2.11. The summed E-state index contributed by atoms with van der Waals surface area (Å²) in [6.07, 6.45) is 0. The number of rotatable bonds is 2. The minimum absolute atomic E-state index is 0.0853. The van der Waals surface area contributed by atoms with E-state index in [-0.39, 0.29) is 11.4 Å². The molecular formula is C17H15N3O2. The number of fused-ring (bicyclic) bond motifs is 1. The summed E-state index contributed by atoms with van der Waals surface area (Å²) in [6.45, 7) is 3.86. The lowest BCUT2D eigenvalue weighted by molar-refractivity contribution is 0.481. The summed E-state index contributed by atoms with van der Waals surface area (Å²) in [4.78, 5) is 14.8. The maximum Gasteiger partial charge on any atom is 0.280 e. The molecule has 0 aliphatic carbocycles. The van der Waals surface area contributed by atoms with Crippen LogP contribution < -0.4 is 5.56 Å². The van der Waals surface area contributed by atoms with Crippen molar-refractivity contribution >= 4 is 22.3 Å². The molecule has 0 saturated carbocycles. The van der Waals surface area contributed by atoms with Gasteiger partial charge in [0.15, 0.2) is 11.4 Å². The smallest absolute Gasteiger partial charge is 0.280 e. The predicted molar refractivity (Wildman–Crippen MR) is 86.3 cm³/mol. The molecule has 0 bridgehead atoms. The molecule has 0 aliphatic rings. The first-order valence-corrected chi connectivity index (χ1v) is 6.88. The van der Waals surface area contributed by atoms with Gasteiger partial charge in [-0.05, 0) is 49.2 Å². The Morgan fingerprint density at radius 3 is 2.55 bits per heavy atom. The van der Waals surface area contributed by atoms with E-state index < -0.39 is 5.56 Å². The van der Waals surface area contributed by atoms with E-state index in [1.165, 1.54) is 0 Å². The van der Waals surface area contributed by atoms with Crippen molar-refractivity contribution in [3.05, 3.63) is 63.9 Å². The third kappa shape index (κ3) is 2.61. The summed E-state index contributed by atoms with van der Waals surface area (Å²) in [7, 11) is 0. The first-order chi connectivity index (χ1) is 10.5. The average Bonchev–Trinajstić information content (AvgIpc) is 2.46. The van der Waals surface area contributed by atoms with Gasteiger partial charge in [0.1, 0.15) is 0 Å². The fourth-order valence-electron chi connectivity index (χ4n) is 2.28. The maximum atomic E-state index is 12.1. The molecule has 0 radical (unpaired) electrons. The molecule has 5 nitrogen and oxygen atoms in total. The minimum atomic E-state index is -0.466. The van der Waals surface area contributed by atoms with Gasteiger partial charge in [0.05, 0.1) is 11.2 Å². The lowest BCUT2D eigenvalue weighted by atomic mass is 10.1. The quantitative estimate of drug-likeness (QED) is 0.692. The van der Waals surface area contributed by atoms with Gasteiger partial charge in [0.2, 0.25) is 0 Å². The molecule has 5 heteroatoms. The van der Waals surface area contributed by atoms with E-state index in [2.05, 4.69) is 15.2 Å². The average molecular weight is 293 g/mol. The van der Waals surface area contributed by atoms with Crippen LogP contribution in [0.1, 0.15) is 11.1 Å². The fourth-order valence-corrected chi connectivity index (χ4v) is 2.28. The Bertz CT molecular complexity index is 942. The number of hydrogen-bond acceptors (Lipinski definition) is 4. The van der Waals surface area contributed by atoms with Gasteiger partial charge >= 0.3 is 0 Å². The molecule has 1 aromatic heterocycles. The first-order valence-electron chi connectivity index (χ1n) is 6.88. The van der Waals surface area contributed by atoms with Gasteiger partial charge in [0, 0.05) is 5.39 Å². The molecule has 0 amide bonds. The molecule has 0 unspecified atom stereocenters. The number of aromatic hydroxyl groups is 1. The van der Waals surface area contributed by atoms with Crippen LogP contribution in [-0.2, 0) is 0 Å². The Morgan fingerprint density at radius 1 is 1.00 bits per heavy atom. The first kappa shape index (κ1) is 14.0. The molecular weight excluding hydrogens is 278 g/mol. The molecule has 2 N–H and O–H groups in total. The number of hydrogen-bond donors (Lipinski definition) is 2. The SMILES string of the molecule is Cc1cccc(N=Nc2c(O)c3ccc(C)cc3[nH]c2=O)c1.